The lowest BCUT2D eigenvalue weighted by Gasteiger charge is -2.34. The summed E-state index contributed by atoms with van der Waals surface area (Å²) in [6, 6.07) is 0. The topological polar surface area (TPSA) is 40.5 Å². The van der Waals surface area contributed by atoms with Crippen LogP contribution in [0.25, 0.3) is 0 Å². The Morgan fingerprint density at radius 2 is 2.00 bits per heavy atom. The molecular formula is C12H22O2. The summed E-state index contributed by atoms with van der Waals surface area (Å²) in [5.41, 5.74) is 0. The maximum Gasteiger partial charge on any atom is 0.0658 e. The zero-order chi connectivity index (χ0) is 10.6. The summed E-state index contributed by atoms with van der Waals surface area (Å²) >= 11 is 0. The minimum Gasteiger partial charge on any atom is -0.396 e. The smallest absolute Gasteiger partial charge is 0.0658 e. The first-order valence-electron chi connectivity index (χ1n) is 5.68. The van der Waals surface area contributed by atoms with Crippen LogP contribution < -0.4 is 0 Å². The molecule has 0 bridgehead atoms. The molecule has 0 fully saturated rings. The summed E-state index contributed by atoms with van der Waals surface area (Å²) in [4.78, 5) is 0. The van der Waals surface area contributed by atoms with Crippen LogP contribution in [0, 0.1) is 17.8 Å². The Balaban J connectivity index is 2.58. The van der Waals surface area contributed by atoms with Gasteiger partial charge in [-0.05, 0) is 18.3 Å². The van der Waals surface area contributed by atoms with Gasteiger partial charge in [0, 0.05) is 5.92 Å². The molecule has 14 heavy (non-hydrogen) atoms. The summed E-state index contributed by atoms with van der Waals surface area (Å²) in [6.07, 6.45) is 7.14. The van der Waals surface area contributed by atoms with Crippen molar-refractivity contribution in [2.24, 2.45) is 17.8 Å². The van der Waals surface area contributed by atoms with Crippen LogP contribution in [0.5, 0.6) is 0 Å². The predicted molar refractivity (Wildman–Crippen MR) is 57.9 cm³/mol. The second-order valence-corrected chi connectivity index (χ2v) is 4.39. The minimum atomic E-state index is -0.355. The summed E-state index contributed by atoms with van der Waals surface area (Å²) in [5, 5.41) is 19.1. The molecule has 0 unspecified atom stereocenters. The molecule has 0 spiro atoms. The first-order valence-corrected chi connectivity index (χ1v) is 5.68. The van der Waals surface area contributed by atoms with Crippen molar-refractivity contribution in [3.63, 3.8) is 0 Å². The minimum absolute atomic E-state index is 0.0481. The van der Waals surface area contributed by atoms with Gasteiger partial charge in [0.2, 0.25) is 0 Å². The van der Waals surface area contributed by atoms with Gasteiger partial charge in [0.1, 0.15) is 0 Å². The molecule has 0 saturated carbocycles. The van der Waals surface area contributed by atoms with Gasteiger partial charge in [-0.3, -0.25) is 0 Å². The number of hydrogen-bond donors (Lipinski definition) is 2. The zero-order valence-electron chi connectivity index (χ0n) is 9.19. The molecule has 0 aromatic rings. The normalized spacial score (nSPS) is 37.4. The van der Waals surface area contributed by atoms with Crippen molar-refractivity contribution >= 4 is 0 Å². The van der Waals surface area contributed by atoms with Gasteiger partial charge in [-0.1, -0.05) is 38.8 Å². The maximum atomic E-state index is 10.0. The molecule has 1 aliphatic carbocycles. The fraction of sp³-hybridized carbons (Fsp3) is 0.833. The molecule has 1 aliphatic rings. The molecule has 2 N–H and O–H groups in total. The van der Waals surface area contributed by atoms with Crippen molar-refractivity contribution in [3.8, 4) is 0 Å². The van der Waals surface area contributed by atoms with Crippen LogP contribution in [0.4, 0.5) is 0 Å². The number of aliphatic hydroxyl groups excluding tert-OH is 2. The summed E-state index contributed by atoms with van der Waals surface area (Å²) in [5.74, 6) is 0.726. The number of hydrogen-bond acceptors (Lipinski definition) is 2. The predicted octanol–water partition coefficient (Wildman–Crippen LogP) is 1.97. The molecule has 0 saturated heterocycles. The SMILES string of the molecule is CCCC[C@H]1[C@H](O)[C@H](CO)C=C[C@@H]1C. The van der Waals surface area contributed by atoms with Crippen molar-refractivity contribution in [1.29, 1.82) is 0 Å². The van der Waals surface area contributed by atoms with Crippen LogP contribution in [-0.2, 0) is 0 Å². The van der Waals surface area contributed by atoms with Gasteiger partial charge in [-0.15, -0.1) is 0 Å². The van der Waals surface area contributed by atoms with Crippen molar-refractivity contribution in [2.75, 3.05) is 6.61 Å². The van der Waals surface area contributed by atoms with E-state index in [1.54, 1.807) is 0 Å². The second kappa shape index (κ2) is 5.52. The van der Waals surface area contributed by atoms with Crippen molar-refractivity contribution in [2.45, 2.75) is 39.2 Å². The first-order chi connectivity index (χ1) is 6.70. The molecule has 0 amide bonds. The highest BCUT2D eigenvalue weighted by Gasteiger charge is 2.31. The molecule has 1 rings (SSSR count). The van der Waals surface area contributed by atoms with E-state index in [1.165, 1.54) is 6.42 Å². The van der Waals surface area contributed by atoms with Crippen LogP contribution in [0.3, 0.4) is 0 Å². The quantitative estimate of drug-likeness (QED) is 0.678. The Morgan fingerprint density at radius 3 is 2.57 bits per heavy atom. The number of rotatable bonds is 4. The lowest BCUT2D eigenvalue weighted by Crippen LogP contribution is -2.36. The Bertz CT molecular complexity index is 189. The lowest BCUT2D eigenvalue weighted by atomic mass is 9.75. The molecule has 0 aliphatic heterocycles. The average molecular weight is 198 g/mol. The molecule has 0 heterocycles. The highest BCUT2D eigenvalue weighted by molar-refractivity contribution is 5.04. The van der Waals surface area contributed by atoms with Gasteiger partial charge in [0.25, 0.3) is 0 Å². The molecular weight excluding hydrogens is 176 g/mol. The van der Waals surface area contributed by atoms with Crippen molar-refractivity contribution in [1.82, 2.24) is 0 Å². The lowest BCUT2D eigenvalue weighted by molar-refractivity contribution is 0.0170. The van der Waals surface area contributed by atoms with Gasteiger partial charge < -0.3 is 10.2 Å². The second-order valence-electron chi connectivity index (χ2n) is 4.39. The molecule has 2 heteroatoms. The molecule has 0 aromatic carbocycles. The monoisotopic (exact) mass is 198 g/mol. The van der Waals surface area contributed by atoms with Crippen molar-refractivity contribution < 1.29 is 10.2 Å². The van der Waals surface area contributed by atoms with E-state index in [1.807, 2.05) is 6.08 Å². The number of unbranched alkanes of at least 4 members (excludes halogenated alkanes) is 1. The Hall–Kier alpha value is -0.340. The molecule has 0 radical (unpaired) electrons. The summed E-state index contributed by atoms with van der Waals surface area (Å²) in [7, 11) is 0. The molecule has 82 valence electrons. The van der Waals surface area contributed by atoms with Crippen LogP contribution in [-0.4, -0.2) is 22.9 Å². The van der Waals surface area contributed by atoms with E-state index in [-0.39, 0.29) is 18.6 Å². The Morgan fingerprint density at radius 1 is 1.29 bits per heavy atom. The molecule has 4 atom stereocenters. The van der Waals surface area contributed by atoms with Crippen LogP contribution in [0.1, 0.15) is 33.1 Å². The Kier molecular flexibility index (Phi) is 4.63. The van der Waals surface area contributed by atoms with Crippen LogP contribution in [0.2, 0.25) is 0 Å². The van der Waals surface area contributed by atoms with E-state index in [2.05, 4.69) is 19.9 Å². The van der Waals surface area contributed by atoms with Gasteiger partial charge in [-0.2, -0.15) is 0 Å². The third-order valence-corrected chi connectivity index (χ3v) is 3.32. The van der Waals surface area contributed by atoms with E-state index in [0.29, 0.717) is 11.8 Å². The first kappa shape index (κ1) is 11.7. The fourth-order valence-electron chi connectivity index (χ4n) is 2.25. The third-order valence-electron chi connectivity index (χ3n) is 3.32. The van der Waals surface area contributed by atoms with E-state index >= 15 is 0 Å². The van der Waals surface area contributed by atoms with Gasteiger partial charge in [0.05, 0.1) is 12.7 Å². The largest absolute Gasteiger partial charge is 0.396 e. The molecule has 2 nitrogen and oxygen atoms in total. The van der Waals surface area contributed by atoms with Gasteiger partial charge in [0.15, 0.2) is 0 Å². The third kappa shape index (κ3) is 2.58. The highest BCUT2D eigenvalue weighted by atomic mass is 16.3. The van der Waals surface area contributed by atoms with Gasteiger partial charge in [-0.25, -0.2) is 0 Å². The van der Waals surface area contributed by atoms with E-state index in [4.69, 9.17) is 5.11 Å². The number of allylic oxidation sites excluding steroid dienone is 1. The van der Waals surface area contributed by atoms with Crippen LogP contribution >= 0.6 is 0 Å². The standard InChI is InChI=1S/C12H22O2/c1-3-4-5-11-9(2)6-7-10(8-13)12(11)14/h6-7,9-14H,3-5,8H2,1-2H3/t9-,10-,11+,12+/m0/s1. The average Bonchev–Trinajstić information content (AvgIpc) is 2.18. The van der Waals surface area contributed by atoms with E-state index in [0.717, 1.165) is 12.8 Å². The fourth-order valence-corrected chi connectivity index (χ4v) is 2.25. The van der Waals surface area contributed by atoms with Crippen molar-refractivity contribution in [3.05, 3.63) is 12.2 Å². The summed E-state index contributed by atoms with van der Waals surface area (Å²) in [6.45, 7) is 4.37. The maximum absolute atomic E-state index is 10.0. The van der Waals surface area contributed by atoms with E-state index in [9.17, 15) is 5.11 Å². The zero-order valence-corrected chi connectivity index (χ0v) is 9.19. The van der Waals surface area contributed by atoms with E-state index < -0.39 is 0 Å². The highest BCUT2D eigenvalue weighted by Crippen LogP contribution is 2.32. The Labute approximate surface area is 86.6 Å². The van der Waals surface area contributed by atoms with Gasteiger partial charge >= 0.3 is 0 Å². The van der Waals surface area contributed by atoms with Crippen LogP contribution in [0.15, 0.2) is 12.2 Å². The summed E-state index contributed by atoms with van der Waals surface area (Å²) < 4.78 is 0. The number of aliphatic hydroxyl groups is 2. The molecule has 0 aromatic heterocycles.